The number of amides is 1. The Morgan fingerprint density at radius 2 is 1.86 bits per heavy atom. The summed E-state index contributed by atoms with van der Waals surface area (Å²) in [6.07, 6.45) is 0. The standard InChI is InChI=1S/C17H19N3O/c1-12-4-2-3-5-14(12)11-20-17(21)13-6-7-15-16(10-13)19-9-8-18-15/h2-7,10,18-19H,8-9,11H2,1H3,(H,20,21). The lowest BCUT2D eigenvalue weighted by molar-refractivity contribution is 0.0951. The molecule has 0 radical (unpaired) electrons. The first-order valence-electron chi connectivity index (χ1n) is 7.18. The van der Waals surface area contributed by atoms with E-state index in [4.69, 9.17) is 0 Å². The molecule has 0 spiro atoms. The number of anilines is 2. The molecule has 4 heteroatoms. The zero-order chi connectivity index (χ0) is 14.7. The molecular formula is C17H19N3O. The fourth-order valence-corrected chi connectivity index (χ4v) is 2.47. The molecule has 1 amide bonds. The van der Waals surface area contributed by atoms with E-state index in [0.29, 0.717) is 12.1 Å². The van der Waals surface area contributed by atoms with Crippen molar-refractivity contribution in [2.45, 2.75) is 13.5 Å². The van der Waals surface area contributed by atoms with E-state index in [0.717, 1.165) is 30.0 Å². The molecule has 0 saturated heterocycles. The quantitative estimate of drug-likeness (QED) is 0.811. The van der Waals surface area contributed by atoms with Crippen molar-refractivity contribution in [1.29, 1.82) is 0 Å². The molecule has 0 fully saturated rings. The highest BCUT2D eigenvalue weighted by Crippen LogP contribution is 2.25. The zero-order valence-electron chi connectivity index (χ0n) is 12.1. The molecule has 3 rings (SSSR count). The Bertz CT molecular complexity index is 667. The van der Waals surface area contributed by atoms with Crippen molar-refractivity contribution in [3.05, 3.63) is 59.2 Å². The van der Waals surface area contributed by atoms with E-state index in [1.807, 2.05) is 36.4 Å². The van der Waals surface area contributed by atoms with Crippen LogP contribution in [0.15, 0.2) is 42.5 Å². The van der Waals surface area contributed by atoms with Crippen molar-refractivity contribution >= 4 is 17.3 Å². The van der Waals surface area contributed by atoms with Gasteiger partial charge < -0.3 is 16.0 Å². The maximum absolute atomic E-state index is 12.3. The summed E-state index contributed by atoms with van der Waals surface area (Å²) >= 11 is 0. The molecule has 21 heavy (non-hydrogen) atoms. The second-order valence-corrected chi connectivity index (χ2v) is 5.22. The van der Waals surface area contributed by atoms with Crippen molar-refractivity contribution in [3.63, 3.8) is 0 Å². The van der Waals surface area contributed by atoms with Crippen molar-refractivity contribution in [1.82, 2.24) is 5.32 Å². The molecular weight excluding hydrogens is 262 g/mol. The molecule has 1 aliphatic heterocycles. The minimum atomic E-state index is -0.0478. The van der Waals surface area contributed by atoms with Crippen LogP contribution in [0.1, 0.15) is 21.5 Å². The minimum Gasteiger partial charge on any atom is -0.382 e. The normalized spacial score (nSPS) is 12.8. The second kappa shape index (κ2) is 5.87. The molecule has 0 bridgehead atoms. The van der Waals surface area contributed by atoms with Crippen LogP contribution in [-0.2, 0) is 6.54 Å². The number of rotatable bonds is 3. The lowest BCUT2D eigenvalue weighted by Crippen LogP contribution is -2.24. The Balaban J connectivity index is 1.69. The monoisotopic (exact) mass is 281 g/mol. The van der Waals surface area contributed by atoms with Crippen molar-refractivity contribution in [3.8, 4) is 0 Å². The van der Waals surface area contributed by atoms with Crippen molar-refractivity contribution < 1.29 is 4.79 Å². The van der Waals surface area contributed by atoms with E-state index in [1.165, 1.54) is 5.56 Å². The molecule has 1 heterocycles. The molecule has 1 aliphatic rings. The highest BCUT2D eigenvalue weighted by atomic mass is 16.1. The third-order valence-electron chi connectivity index (χ3n) is 3.74. The predicted octanol–water partition coefficient (Wildman–Crippen LogP) is 2.76. The van der Waals surface area contributed by atoms with Gasteiger partial charge in [-0.05, 0) is 36.2 Å². The molecule has 2 aromatic rings. The summed E-state index contributed by atoms with van der Waals surface area (Å²) < 4.78 is 0. The van der Waals surface area contributed by atoms with Crippen LogP contribution in [0.4, 0.5) is 11.4 Å². The number of benzene rings is 2. The van der Waals surface area contributed by atoms with Gasteiger partial charge in [-0.2, -0.15) is 0 Å². The van der Waals surface area contributed by atoms with E-state index in [1.54, 1.807) is 0 Å². The van der Waals surface area contributed by atoms with Crippen LogP contribution in [0.2, 0.25) is 0 Å². The Labute approximate surface area is 124 Å². The number of carbonyl (C=O) groups excluding carboxylic acids is 1. The molecule has 0 aromatic heterocycles. The van der Waals surface area contributed by atoms with Crippen molar-refractivity contribution in [2.75, 3.05) is 23.7 Å². The molecule has 3 N–H and O–H groups in total. The van der Waals surface area contributed by atoms with Gasteiger partial charge in [0.2, 0.25) is 0 Å². The van der Waals surface area contributed by atoms with Crippen LogP contribution in [0.5, 0.6) is 0 Å². The molecule has 4 nitrogen and oxygen atoms in total. The first-order chi connectivity index (χ1) is 10.2. The maximum Gasteiger partial charge on any atom is 0.251 e. The zero-order valence-corrected chi connectivity index (χ0v) is 12.1. The number of hydrogen-bond acceptors (Lipinski definition) is 3. The Kier molecular flexibility index (Phi) is 3.77. The SMILES string of the molecule is Cc1ccccc1CNC(=O)c1ccc2c(c1)NCCN2. The van der Waals surface area contributed by atoms with Gasteiger partial charge >= 0.3 is 0 Å². The predicted molar refractivity (Wildman–Crippen MR) is 85.8 cm³/mol. The number of aryl methyl sites for hydroxylation is 1. The summed E-state index contributed by atoms with van der Waals surface area (Å²) in [5, 5.41) is 9.57. The topological polar surface area (TPSA) is 53.2 Å². The largest absolute Gasteiger partial charge is 0.382 e. The Hall–Kier alpha value is -2.49. The fourth-order valence-electron chi connectivity index (χ4n) is 2.47. The van der Waals surface area contributed by atoms with Crippen LogP contribution in [0.25, 0.3) is 0 Å². The smallest absolute Gasteiger partial charge is 0.251 e. The molecule has 0 atom stereocenters. The molecule has 2 aromatic carbocycles. The first-order valence-corrected chi connectivity index (χ1v) is 7.18. The van der Waals surface area contributed by atoms with Gasteiger partial charge in [-0.25, -0.2) is 0 Å². The fraction of sp³-hybridized carbons (Fsp3) is 0.235. The highest BCUT2D eigenvalue weighted by molar-refractivity contribution is 5.96. The lowest BCUT2D eigenvalue weighted by Gasteiger charge is -2.20. The summed E-state index contributed by atoms with van der Waals surface area (Å²) in [5.74, 6) is -0.0478. The third kappa shape index (κ3) is 2.99. The molecule has 0 aliphatic carbocycles. The second-order valence-electron chi connectivity index (χ2n) is 5.22. The van der Waals surface area contributed by atoms with Crippen molar-refractivity contribution in [2.24, 2.45) is 0 Å². The maximum atomic E-state index is 12.3. The number of fused-ring (bicyclic) bond motifs is 1. The van der Waals surface area contributed by atoms with Gasteiger partial charge in [-0.15, -0.1) is 0 Å². The number of carbonyl (C=O) groups is 1. The Morgan fingerprint density at radius 3 is 2.67 bits per heavy atom. The molecule has 108 valence electrons. The third-order valence-corrected chi connectivity index (χ3v) is 3.74. The van der Waals surface area contributed by atoms with E-state index >= 15 is 0 Å². The average molecular weight is 281 g/mol. The van der Waals surface area contributed by atoms with Gasteiger partial charge in [0.1, 0.15) is 0 Å². The van der Waals surface area contributed by atoms with E-state index < -0.39 is 0 Å². The first kappa shape index (κ1) is 13.5. The van der Waals surface area contributed by atoms with E-state index in [9.17, 15) is 4.79 Å². The van der Waals surface area contributed by atoms with Crippen LogP contribution in [-0.4, -0.2) is 19.0 Å². The van der Waals surface area contributed by atoms with Gasteiger partial charge in [0, 0.05) is 25.2 Å². The summed E-state index contributed by atoms with van der Waals surface area (Å²) in [6.45, 7) is 4.39. The summed E-state index contributed by atoms with van der Waals surface area (Å²) in [4.78, 5) is 12.3. The van der Waals surface area contributed by atoms with Crippen LogP contribution < -0.4 is 16.0 Å². The van der Waals surface area contributed by atoms with Gasteiger partial charge in [0.05, 0.1) is 11.4 Å². The molecule has 0 unspecified atom stereocenters. The van der Waals surface area contributed by atoms with E-state index in [-0.39, 0.29) is 5.91 Å². The van der Waals surface area contributed by atoms with Gasteiger partial charge in [-0.3, -0.25) is 4.79 Å². The number of hydrogen-bond donors (Lipinski definition) is 3. The van der Waals surface area contributed by atoms with Crippen LogP contribution in [0.3, 0.4) is 0 Å². The average Bonchev–Trinajstić information content (AvgIpc) is 2.53. The molecule has 0 saturated carbocycles. The Morgan fingerprint density at radius 1 is 1.10 bits per heavy atom. The summed E-state index contributed by atoms with van der Waals surface area (Å²) in [5.41, 5.74) is 5.05. The van der Waals surface area contributed by atoms with Crippen LogP contribution >= 0.6 is 0 Å². The highest BCUT2D eigenvalue weighted by Gasteiger charge is 2.12. The van der Waals surface area contributed by atoms with Gasteiger partial charge in [-0.1, -0.05) is 24.3 Å². The summed E-state index contributed by atoms with van der Waals surface area (Å²) in [6, 6.07) is 13.8. The summed E-state index contributed by atoms with van der Waals surface area (Å²) in [7, 11) is 0. The lowest BCUT2D eigenvalue weighted by atomic mass is 10.1. The van der Waals surface area contributed by atoms with E-state index in [2.05, 4.69) is 28.9 Å². The minimum absolute atomic E-state index is 0.0478. The van der Waals surface area contributed by atoms with Crippen LogP contribution in [0, 0.1) is 6.92 Å². The van der Waals surface area contributed by atoms with Gasteiger partial charge in [0.25, 0.3) is 5.91 Å². The number of nitrogens with one attached hydrogen (secondary N) is 3. The van der Waals surface area contributed by atoms with Gasteiger partial charge in [0.15, 0.2) is 0 Å².